The van der Waals surface area contributed by atoms with Gasteiger partial charge in [-0.3, -0.25) is 4.79 Å². The first-order valence-corrected chi connectivity index (χ1v) is 7.92. The molecule has 1 heterocycles. The Kier molecular flexibility index (Phi) is 4.39. The van der Waals surface area contributed by atoms with Crippen LogP contribution in [-0.2, 0) is 6.42 Å². The summed E-state index contributed by atoms with van der Waals surface area (Å²) in [5.74, 6) is 1.16. The maximum Gasteiger partial charge on any atom is 0.185 e. The van der Waals surface area contributed by atoms with Crippen LogP contribution in [0, 0.1) is 0 Å². The van der Waals surface area contributed by atoms with Crippen molar-refractivity contribution < 1.29 is 19.4 Å². The molecule has 0 radical (unpaired) electrons. The quantitative estimate of drug-likeness (QED) is 0.649. The Hall–Kier alpha value is -2.27. The number of ketones is 1. The van der Waals surface area contributed by atoms with Crippen LogP contribution in [0.3, 0.4) is 0 Å². The average Bonchev–Trinajstić information content (AvgIpc) is 3.03. The molecule has 1 N–H and O–H groups in total. The fraction of sp³-hybridized carbons (Fsp3) is 0.167. The lowest BCUT2D eigenvalue weighted by Crippen LogP contribution is -1.95. The molecule has 0 aliphatic carbocycles. The largest absolute Gasteiger partial charge is 0.503 e. The van der Waals surface area contributed by atoms with Crippen LogP contribution in [0.5, 0.6) is 17.2 Å². The van der Waals surface area contributed by atoms with Gasteiger partial charge in [-0.25, -0.2) is 0 Å². The summed E-state index contributed by atoms with van der Waals surface area (Å²) in [5, 5.41) is 9.79. The molecule has 2 aromatic rings. The number of carbonyl (C=O) groups is 1. The zero-order valence-corrected chi connectivity index (χ0v) is 14.1. The van der Waals surface area contributed by atoms with E-state index in [2.05, 4.69) is 15.9 Å². The molecule has 118 valence electrons. The summed E-state index contributed by atoms with van der Waals surface area (Å²) >= 11 is 3.26. The van der Waals surface area contributed by atoms with E-state index < -0.39 is 0 Å². The Morgan fingerprint density at radius 2 is 2.17 bits per heavy atom. The smallest absolute Gasteiger partial charge is 0.185 e. The molecule has 5 heteroatoms. The number of fused-ring (bicyclic) bond motifs is 1. The predicted octanol–water partition coefficient (Wildman–Crippen LogP) is 3.99. The van der Waals surface area contributed by atoms with Crippen molar-refractivity contribution in [1.29, 1.82) is 0 Å². The number of hydrogen-bond donors (Lipinski definition) is 1. The molecule has 3 rings (SSSR count). The molecule has 2 aromatic carbocycles. The van der Waals surface area contributed by atoms with Crippen molar-refractivity contribution in [3.8, 4) is 17.2 Å². The van der Waals surface area contributed by atoms with Gasteiger partial charge in [-0.15, -0.1) is 0 Å². The van der Waals surface area contributed by atoms with E-state index in [1.54, 1.807) is 24.3 Å². The van der Waals surface area contributed by atoms with Gasteiger partial charge in [0.25, 0.3) is 0 Å². The predicted molar refractivity (Wildman–Crippen MR) is 91.4 cm³/mol. The number of phenols is 1. The van der Waals surface area contributed by atoms with E-state index in [9.17, 15) is 9.90 Å². The van der Waals surface area contributed by atoms with Crippen LogP contribution in [0.15, 0.2) is 40.9 Å². The molecule has 0 bridgehead atoms. The first-order chi connectivity index (χ1) is 11.1. The van der Waals surface area contributed by atoms with E-state index >= 15 is 0 Å². The number of halogens is 1. The first kappa shape index (κ1) is 15.6. The second kappa shape index (κ2) is 6.46. The highest BCUT2D eigenvalue weighted by atomic mass is 79.9. The molecule has 23 heavy (non-hydrogen) atoms. The summed E-state index contributed by atoms with van der Waals surface area (Å²) in [5.41, 5.74) is 2.46. The summed E-state index contributed by atoms with van der Waals surface area (Å²) < 4.78 is 11.0. The first-order valence-electron chi connectivity index (χ1n) is 7.13. The van der Waals surface area contributed by atoms with E-state index in [1.807, 2.05) is 12.1 Å². The fourth-order valence-corrected chi connectivity index (χ4v) is 2.91. The van der Waals surface area contributed by atoms with Gasteiger partial charge in [0.15, 0.2) is 17.3 Å². The van der Waals surface area contributed by atoms with E-state index in [0.29, 0.717) is 22.4 Å². The van der Waals surface area contributed by atoms with E-state index in [1.165, 1.54) is 13.2 Å². The summed E-state index contributed by atoms with van der Waals surface area (Å²) in [6.07, 6.45) is 4.04. The van der Waals surface area contributed by atoms with E-state index in [-0.39, 0.29) is 11.5 Å². The molecule has 0 aromatic heterocycles. The van der Waals surface area contributed by atoms with Crippen LogP contribution >= 0.6 is 15.9 Å². The van der Waals surface area contributed by atoms with E-state index in [4.69, 9.17) is 9.47 Å². The topological polar surface area (TPSA) is 55.8 Å². The SMILES string of the molecule is COc1cc(/C=C/C(=O)c2ccc3c(c2)CCO3)cc(Br)c1O. The molecule has 0 amide bonds. The summed E-state index contributed by atoms with van der Waals surface area (Å²) in [7, 11) is 1.48. The van der Waals surface area contributed by atoms with Crippen molar-refractivity contribution in [2.75, 3.05) is 13.7 Å². The maximum absolute atomic E-state index is 12.3. The van der Waals surface area contributed by atoms with Crippen molar-refractivity contribution in [3.05, 3.63) is 57.6 Å². The van der Waals surface area contributed by atoms with Gasteiger partial charge in [0, 0.05) is 12.0 Å². The van der Waals surface area contributed by atoms with Crippen LogP contribution < -0.4 is 9.47 Å². The number of phenolic OH excluding ortho intramolecular Hbond substituents is 1. The summed E-state index contributed by atoms with van der Waals surface area (Å²) in [6, 6.07) is 8.87. The Bertz CT molecular complexity index is 796. The van der Waals surface area contributed by atoms with Gasteiger partial charge >= 0.3 is 0 Å². The van der Waals surface area contributed by atoms with Gasteiger partial charge in [-0.1, -0.05) is 6.08 Å². The standard InChI is InChI=1S/C18H15BrO4/c1-22-17-9-11(8-14(19)18(17)21)2-4-15(20)12-3-5-16-13(10-12)6-7-23-16/h2-5,8-10,21H,6-7H2,1H3/b4-2+. The zero-order chi connectivity index (χ0) is 16.4. The number of benzene rings is 2. The van der Waals surface area contributed by atoms with Crippen molar-refractivity contribution in [3.63, 3.8) is 0 Å². The number of methoxy groups -OCH3 is 1. The maximum atomic E-state index is 12.3. The average molecular weight is 375 g/mol. The van der Waals surface area contributed by atoms with Gasteiger partial charge in [0.1, 0.15) is 5.75 Å². The molecule has 4 nitrogen and oxygen atoms in total. The zero-order valence-electron chi connectivity index (χ0n) is 12.5. The Labute approximate surface area is 142 Å². The van der Waals surface area contributed by atoms with Crippen molar-refractivity contribution >= 4 is 27.8 Å². The minimum Gasteiger partial charge on any atom is -0.503 e. The number of allylic oxidation sites excluding steroid dienone is 1. The monoisotopic (exact) mass is 374 g/mol. The lowest BCUT2D eigenvalue weighted by atomic mass is 10.0. The van der Waals surface area contributed by atoms with Crippen molar-refractivity contribution in [1.82, 2.24) is 0 Å². The van der Waals surface area contributed by atoms with Crippen LogP contribution in [0.4, 0.5) is 0 Å². The van der Waals surface area contributed by atoms with Crippen molar-refractivity contribution in [2.24, 2.45) is 0 Å². The lowest BCUT2D eigenvalue weighted by Gasteiger charge is -2.06. The minimum atomic E-state index is -0.0807. The molecule has 1 aliphatic heterocycles. The van der Waals surface area contributed by atoms with Crippen LogP contribution in [-0.4, -0.2) is 24.6 Å². The molecular weight excluding hydrogens is 360 g/mol. The Morgan fingerprint density at radius 3 is 2.96 bits per heavy atom. The number of carbonyl (C=O) groups excluding carboxylic acids is 1. The molecule has 0 saturated heterocycles. The molecule has 0 atom stereocenters. The fourth-order valence-electron chi connectivity index (χ4n) is 2.45. The molecule has 0 fully saturated rings. The molecule has 1 aliphatic rings. The highest BCUT2D eigenvalue weighted by Crippen LogP contribution is 2.35. The highest BCUT2D eigenvalue weighted by molar-refractivity contribution is 9.10. The lowest BCUT2D eigenvalue weighted by molar-refractivity contribution is 0.104. The third kappa shape index (κ3) is 3.24. The van der Waals surface area contributed by atoms with Gasteiger partial charge < -0.3 is 14.6 Å². The molecule has 0 saturated carbocycles. The Morgan fingerprint density at radius 1 is 1.35 bits per heavy atom. The normalized spacial score (nSPS) is 13.0. The number of aromatic hydroxyl groups is 1. The third-order valence-corrected chi connectivity index (χ3v) is 4.28. The highest BCUT2D eigenvalue weighted by Gasteiger charge is 2.14. The van der Waals surface area contributed by atoms with Crippen molar-refractivity contribution in [2.45, 2.75) is 6.42 Å². The third-order valence-electron chi connectivity index (χ3n) is 3.67. The number of ether oxygens (including phenoxy) is 2. The van der Waals surface area contributed by atoms with Gasteiger partial charge in [0.2, 0.25) is 0 Å². The second-order valence-electron chi connectivity index (χ2n) is 5.17. The van der Waals surface area contributed by atoms with Gasteiger partial charge in [0.05, 0.1) is 18.2 Å². The van der Waals surface area contributed by atoms with E-state index in [0.717, 1.165) is 23.3 Å². The molecule has 0 unspecified atom stereocenters. The number of hydrogen-bond acceptors (Lipinski definition) is 4. The molecular formula is C18H15BrO4. The summed E-state index contributed by atoms with van der Waals surface area (Å²) in [4.78, 5) is 12.3. The molecule has 0 spiro atoms. The van der Waals surface area contributed by atoms with Crippen LogP contribution in [0.2, 0.25) is 0 Å². The second-order valence-corrected chi connectivity index (χ2v) is 6.03. The Balaban J connectivity index is 1.82. The number of rotatable bonds is 4. The summed E-state index contributed by atoms with van der Waals surface area (Å²) in [6.45, 7) is 0.671. The minimum absolute atomic E-state index is 0.0367. The van der Waals surface area contributed by atoms with Gasteiger partial charge in [-0.2, -0.15) is 0 Å². The van der Waals surface area contributed by atoms with Crippen LogP contribution in [0.1, 0.15) is 21.5 Å². The van der Waals surface area contributed by atoms with Gasteiger partial charge in [-0.05, 0) is 63.5 Å². The van der Waals surface area contributed by atoms with Crippen LogP contribution in [0.25, 0.3) is 6.08 Å².